The molecule has 2 saturated carbocycles. The zero-order chi connectivity index (χ0) is 15.0. The van der Waals surface area contributed by atoms with Gasteiger partial charge in [-0.2, -0.15) is 0 Å². The van der Waals surface area contributed by atoms with Crippen LogP contribution >= 0.6 is 0 Å². The molecule has 1 heterocycles. The molecule has 114 valence electrons. The van der Waals surface area contributed by atoms with Crippen molar-refractivity contribution < 1.29 is 14.7 Å². The highest BCUT2D eigenvalue weighted by molar-refractivity contribution is 5.86. The highest BCUT2D eigenvalue weighted by Crippen LogP contribution is 2.49. The van der Waals surface area contributed by atoms with Gasteiger partial charge in [-0.1, -0.05) is 6.42 Å². The minimum Gasteiger partial charge on any atom is -0.477 e. The van der Waals surface area contributed by atoms with Crippen molar-refractivity contribution in [3.8, 4) is 0 Å². The third-order valence-corrected chi connectivity index (χ3v) is 5.19. The Morgan fingerprint density at radius 1 is 1.43 bits per heavy atom. The number of carboxylic acids is 1. The Balaban J connectivity index is 1.56. The number of hydrogen-bond donors (Lipinski definition) is 2. The van der Waals surface area contributed by atoms with E-state index < -0.39 is 5.97 Å². The summed E-state index contributed by atoms with van der Waals surface area (Å²) in [7, 11) is 0. The van der Waals surface area contributed by atoms with Gasteiger partial charge in [0.2, 0.25) is 5.91 Å². The van der Waals surface area contributed by atoms with Gasteiger partial charge < -0.3 is 15.0 Å². The third-order valence-electron chi connectivity index (χ3n) is 5.19. The molecule has 0 radical (unpaired) electrons. The van der Waals surface area contributed by atoms with E-state index in [0.717, 1.165) is 11.8 Å². The Labute approximate surface area is 124 Å². The second kappa shape index (κ2) is 5.54. The van der Waals surface area contributed by atoms with Crippen LogP contribution in [0.1, 0.15) is 43.1 Å². The van der Waals surface area contributed by atoms with E-state index in [1.165, 1.54) is 36.3 Å². The fourth-order valence-electron chi connectivity index (χ4n) is 4.21. The first kappa shape index (κ1) is 14.2. The number of carboxylic acid groups (broad SMARTS) is 1. The van der Waals surface area contributed by atoms with Crippen molar-refractivity contribution in [3.63, 3.8) is 0 Å². The Morgan fingerprint density at radius 2 is 2.24 bits per heavy atom. The fourth-order valence-corrected chi connectivity index (χ4v) is 4.21. The molecule has 1 aromatic heterocycles. The number of aromatic carboxylic acids is 1. The van der Waals surface area contributed by atoms with Gasteiger partial charge in [0.05, 0.1) is 0 Å². The number of hydrogen-bond acceptors (Lipinski definition) is 2. The molecule has 21 heavy (non-hydrogen) atoms. The zero-order valence-corrected chi connectivity index (χ0v) is 12.3. The number of carbonyl (C=O) groups excluding carboxylic acids is 1. The van der Waals surface area contributed by atoms with Crippen LogP contribution in [0.15, 0.2) is 18.3 Å². The SMILES string of the molecule is CC(NC(=O)Cn1cccc1C(=O)O)C1CC2CCC1C2. The quantitative estimate of drug-likeness (QED) is 0.872. The van der Waals surface area contributed by atoms with Crippen molar-refractivity contribution in [3.05, 3.63) is 24.0 Å². The molecule has 4 atom stereocenters. The molecule has 0 aromatic carbocycles. The van der Waals surface area contributed by atoms with Gasteiger partial charge in [0.1, 0.15) is 12.2 Å². The highest BCUT2D eigenvalue weighted by Gasteiger charge is 2.42. The van der Waals surface area contributed by atoms with Crippen LogP contribution in [-0.2, 0) is 11.3 Å². The van der Waals surface area contributed by atoms with Crippen molar-refractivity contribution >= 4 is 11.9 Å². The fraction of sp³-hybridized carbons (Fsp3) is 0.625. The number of nitrogens with zero attached hydrogens (tertiary/aromatic N) is 1. The largest absolute Gasteiger partial charge is 0.477 e. The Bertz CT molecular complexity index is 551. The predicted molar refractivity (Wildman–Crippen MR) is 77.9 cm³/mol. The van der Waals surface area contributed by atoms with E-state index in [9.17, 15) is 9.59 Å². The number of nitrogens with one attached hydrogen (secondary N) is 1. The van der Waals surface area contributed by atoms with Gasteiger partial charge in [-0.25, -0.2) is 4.79 Å². The maximum absolute atomic E-state index is 12.1. The van der Waals surface area contributed by atoms with Crippen LogP contribution in [0.2, 0.25) is 0 Å². The summed E-state index contributed by atoms with van der Waals surface area (Å²) < 4.78 is 1.48. The maximum atomic E-state index is 12.1. The Hall–Kier alpha value is -1.78. The molecule has 1 aromatic rings. The average Bonchev–Trinajstić information content (AvgIpc) is 3.13. The summed E-state index contributed by atoms with van der Waals surface area (Å²) in [5.41, 5.74) is 0.151. The van der Waals surface area contributed by atoms with Gasteiger partial charge in [0.15, 0.2) is 0 Å². The molecule has 0 saturated heterocycles. The van der Waals surface area contributed by atoms with E-state index in [-0.39, 0.29) is 24.2 Å². The molecule has 2 aliphatic rings. The molecular weight excluding hydrogens is 268 g/mol. The van der Waals surface area contributed by atoms with Gasteiger partial charge in [0.25, 0.3) is 0 Å². The standard InChI is InChI=1S/C16H22N2O3/c1-10(13-8-11-4-5-12(13)7-11)17-15(19)9-18-6-2-3-14(18)16(20)21/h2-3,6,10-13H,4-5,7-9H2,1H3,(H,17,19)(H,20,21). The van der Waals surface area contributed by atoms with Crippen molar-refractivity contribution in [2.75, 3.05) is 0 Å². The highest BCUT2D eigenvalue weighted by atomic mass is 16.4. The molecule has 2 aliphatic carbocycles. The van der Waals surface area contributed by atoms with E-state index in [2.05, 4.69) is 12.2 Å². The number of fused-ring (bicyclic) bond motifs is 2. The van der Waals surface area contributed by atoms with Crippen LogP contribution in [-0.4, -0.2) is 27.6 Å². The maximum Gasteiger partial charge on any atom is 0.352 e. The lowest BCUT2D eigenvalue weighted by atomic mass is 9.84. The summed E-state index contributed by atoms with van der Waals surface area (Å²) in [6.45, 7) is 2.15. The van der Waals surface area contributed by atoms with E-state index in [4.69, 9.17) is 5.11 Å². The average molecular weight is 290 g/mol. The van der Waals surface area contributed by atoms with E-state index in [1.54, 1.807) is 12.3 Å². The van der Waals surface area contributed by atoms with Gasteiger partial charge in [-0.15, -0.1) is 0 Å². The lowest BCUT2D eigenvalue weighted by Gasteiger charge is -2.28. The zero-order valence-electron chi connectivity index (χ0n) is 12.3. The van der Waals surface area contributed by atoms with Gasteiger partial charge in [0, 0.05) is 12.2 Å². The van der Waals surface area contributed by atoms with Gasteiger partial charge in [-0.05, 0) is 56.1 Å². The monoisotopic (exact) mass is 290 g/mol. The van der Waals surface area contributed by atoms with Crippen molar-refractivity contribution in [1.29, 1.82) is 0 Å². The van der Waals surface area contributed by atoms with Gasteiger partial charge >= 0.3 is 5.97 Å². The summed E-state index contributed by atoms with van der Waals surface area (Å²) in [5, 5.41) is 12.1. The summed E-state index contributed by atoms with van der Waals surface area (Å²) in [4.78, 5) is 23.2. The van der Waals surface area contributed by atoms with Gasteiger partial charge in [-0.3, -0.25) is 4.79 Å². The van der Waals surface area contributed by atoms with E-state index >= 15 is 0 Å². The van der Waals surface area contributed by atoms with E-state index in [1.807, 2.05) is 0 Å². The minimum atomic E-state index is -1.01. The molecule has 2 bridgehead atoms. The molecule has 2 fully saturated rings. The molecule has 0 spiro atoms. The molecular formula is C16H22N2O3. The van der Waals surface area contributed by atoms with Crippen molar-refractivity contribution in [2.24, 2.45) is 17.8 Å². The smallest absolute Gasteiger partial charge is 0.352 e. The summed E-state index contributed by atoms with van der Waals surface area (Å²) in [5.74, 6) is 1.11. The van der Waals surface area contributed by atoms with Crippen LogP contribution in [0.5, 0.6) is 0 Å². The van der Waals surface area contributed by atoms with Crippen molar-refractivity contribution in [1.82, 2.24) is 9.88 Å². The number of amides is 1. The first-order chi connectivity index (χ1) is 10.0. The topological polar surface area (TPSA) is 71.3 Å². The molecule has 1 amide bonds. The summed E-state index contributed by atoms with van der Waals surface area (Å²) in [6, 6.07) is 3.34. The van der Waals surface area contributed by atoms with Crippen LogP contribution in [0.3, 0.4) is 0 Å². The second-order valence-electron chi connectivity index (χ2n) is 6.52. The number of carbonyl (C=O) groups is 2. The van der Waals surface area contributed by atoms with Crippen molar-refractivity contribution in [2.45, 2.75) is 45.2 Å². The first-order valence-electron chi connectivity index (χ1n) is 7.72. The normalized spacial score (nSPS) is 28.5. The van der Waals surface area contributed by atoms with Crippen LogP contribution < -0.4 is 5.32 Å². The summed E-state index contributed by atoms with van der Waals surface area (Å²) in [6.07, 6.45) is 6.84. The summed E-state index contributed by atoms with van der Waals surface area (Å²) >= 11 is 0. The molecule has 3 rings (SSSR count). The molecule has 2 N–H and O–H groups in total. The minimum absolute atomic E-state index is 0.0692. The number of aromatic nitrogens is 1. The van der Waals surface area contributed by atoms with Crippen LogP contribution in [0.25, 0.3) is 0 Å². The molecule has 4 unspecified atom stereocenters. The van der Waals surface area contributed by atoms with E-state index in [0.29, 0.717) is 5.92 Å². The lowest BCUT2D eigenvalue weighted by molar-refractivity contribution is -0.122. The molecule has 5 nitrogen and oxygen atoms in total. The van der Waals surface area contributed by atoms with Crippen LogP contribution in [0.4, 0.5) is 0 Å². The second-order valence-corrected chi connectivity index (χ2v) is 6.52. The molecule has 0 aliphatic heterocycles. The predicted octanol–water partition coefficient (Wildman–Crippen LogP) is 2.13. The number of rotatable bonds is 5. The lowest BCUT2D eigenvalue weighted by Crippen LogP contribution is -2.41. The Kier molecular flexibility index (Phi) is 3.74. The van der Waals surface area contributed by atoms with Crippen LogP contribution in [0, 0.1) is 17.8 Å². The third kappa shape index (κ3) is 2.82. The molecule has 5 heteroatoms. The Morgan fingerprint density at radius 3 is 2.86 bits per heavy atom. The first-order valence-corrected chi connectivity index (χ1v) is 7.72.